The Kier molecular flexibility index (Phi) is 11.8. The summed E-state index contributed by atoms with van der Waals surface area (Å²) in [6.45, 7) is 9.70. The fourth-order valence-corrected chi connectivity index (χ4v) is 3.25. The highest BCUT2D eigenvalue weighted by atomic mass is 32.2. The first-order valence-electron chi connectivity index (χ1n) is 9.11. The number of benzene rings is 2. The highest BCUT2D eigenvalue weighted by Crippen LogP contribution is 2.22. The second kappa shape index (κ2) is 13.7. The molecule has 0 aromatic heterocycles. The molecular formula is C22H32N2S. The van der Waals surface area contributed by atoms with E-state index in [9.17, 15) is 0 Å². The SMILES string of the molecule is C=C(CCCNCN)Cc1ccc(CSc2ccccc2)cc1.CC. The van der Waals surface area contributed by atoms with E-state index in [2.05, 4.69) is 66.5 Å². The molecule has 25 heavy (non-hydrogen) atoms. The zero-order chi connectivity index (χ0) is 18.3. The van der Waals surface area contributed by atoms with E-state index < -0.39 is 0 Å². The summed E-state index contributed by atoms with van der Waals surface area (Å²) < 4.78 is 0. The molecular weight excluding hydrogens is 324 g/mol. The van der Waals surface area contributed by atoms with Gasteiger partial charge in [0.05, 0.1) is 0 Å². The van der Waals surface area contributed by atoms with E-state index in [-0.39, 0.29) is 0 Å². The number of hydrogen-bond acceptors (Lipinski definition) is 3. The first-order chi connectivity index (χ1) is 12.3. The first-order valence-corrected chi connectivity index (χ1v) is 10.1. The lowest BCUT2D eigenvalue weighted by molar-refractivity contribution is 0.656. The van der Waals surface area contributed by atoms with Crippen LogP contribution >= 0.6 is 11.8 Å². The van der Waals surface area contributed by atoms with Crippen molar-refractivity contribution in [3.05, 3.63) is 77.9 Å². The van der Waals surface area contributed by atoms with Crippen LogP contribution in [0.25, 0.3) is 0 Å². The van der Waals surface area contributed by atoms with E-state index in [1.807, 2.05) is 25.6 Å². The smallest absolute Gasteiger partial charge is 0.0428 e. The number of rotatable bonds is 10. The van der Waals surface area contributed by atoms with Crippen LogP contribution in [0.3, 0.4) is 0 Å². The molecule has 0 aliphatic rings. The molecule has 0 saturated heterocycles. The number of nitrogens with one attached hydrogen (secondary N) is 1. The Morgan fingerprint density at radius 2 is 1.64 bits per heavy atom. The summed E-state index contributed by atoms with van der Waals surface area (Å²) >= 11 is 1.87. The first kappa shape index (κ1) is 21.5. The standard InChI is InChI=1S/C20H26N2S.C2H6/c1-17(6-5-13-22-16-21)14-18-9-11-19(12-10-18)15-23-20-7-3-2-4-8-20;1-2/h2-4,7-12,22H,1,5-6,13-16,21H2;1-2H3. The zero-order valence-corrected chi connectivity index (χ0v) is 16.4. The van der Waals surface area contributed by atoms with Gasteiger partial charge in [0.2, 0.25) is 0 Å². The summed E-state index contributed by atoms with van der Waals surface area (Å²) in [5, 5.41) is 3.14. The molecule has 136 valence electrons. The van der Waals surface area contributed by atoms with Crippen molar-refractivity contribution in [3.63, 3.8) is 0 Å². The van der Waals surface area contributed by atoms with Crippen LogP contribution in [0.4, 0.5) is 0 Å². The van der Waals surface area contributed by atoms with Gasteiger partial charge >= 0.3 is 0 Å². The minimum atomic E-state index is 0.551. The zero-order valence-electron chi connectivity index (χ0n) is 15.6. The van der Waals surface area contributed by atoms with Crippen LogP contribution < -0.4 is 11.1 Å². The maximum Gasteiger partial charge on any atom is 0.0428 e. The van der Waals surface area contributed by atoms with Crippen molar-refractivity contribution in [1.29, 1.82) is 0 Å². The molecule has 0 unspecified atom stereocenters. The van der Waals surface area contributed by atoms with Crippen molar-refractivity contribution in [1.82, 2.24) is 5.32 Å². The second-order valence-electron chi connectivity index (χ2n) is 5.65. The van der Waals surface area contributed by atoms with Gasteiger partial charge in [0, 0.05) is 17.3 Å². The highest BCUT2D eigenvalue weighted by Gasteiger charge is 2.00. The van der Waals surface area contributed by atoms with Gasteiger partial charge in [-0.15, -0.1) is 11.8 Å². The number of hydrogen-bond donors (Lipinski definition) is 2. The van der Waals surface area contributed by atoms with Crippen molar-refractivity contribution in [2.45, 2.75) is 43.8 Å². The summed E-state index contributed by atoms with van der Waals surface area (Å²) in [5.74, 6) is 1.01. The largest absolute Gasteiger partial charge is 0.318 e. The van der Waals surface area contributed by atoms with Crippen LogP contribution in [0.15, 0.2) is 71.6 Å². The van der Waals surface area contributed by atoms with E-state index in [4.69, 9.17) is 5.73 Å². The molecule has 2 rings (SSSR count). The lowest BCUT2D eigenvalue weighted by atomic mass is 10.0. The highest BCUT2D eigenvalue weighted by molar-refractivity contribution is 7.98. The topological polar surface area (TPSA) is 38.0 Å². The average Bonchev–Trinajstić information content (AvgIpc) is 2.67. The van der Waals surface area contributed by atoms with E-state index in [1.54, 1.807) is 0 Å². The minimum absolute atomic E-state index is 0.551. The van der Waals surface area contributed by atoms with Gasteiger partial charge in [-0.2, -0.15) is 0 Å². The third-order valence-electron chi connectivity index (χ3n) is 3.65. The summed E-state index contributed by atoms with van der Waals surface area (Å²) in [6.07, 6.45) is 3.12. The minimum Gasteiger partial charge on any atom is -0.318 e. The fourth-order valence-electron chi connectivity index (χ4n) is 2.38. The Balaban J connectivity index is 0.00000151. The van der Waals surface area contributed by atoms with Gasteiger partial charge in [0.1, 0.15) is 0 Å². The molecule has 3 heteroatoms. The van der Waals surface area contributed by atoms with Crippen molar-refractivity contribution >= 4 is 11.8 Å². The van der Waals surface area contributed by atoms with Gasteiger partial charge in [-0.1, -0.05) is 68.5 Å². The lowest BCUT2D eigenvalue weighted by Gasteiger charge is -2.08. The van der Waals surface area contributed by atoms with Gasteiger partial charge in [0.15, 0.2) is 0 Å². The van der Waals surface area contributed by atoms with Crippen LogP contribution in [0.2, 0.25) is 0 Å². The number of nitrogens with two attached hydrogens (primary N) is 1. The molecule has 0 fully saturated rings. The van der Waals surface area contributed by atoms with Crippen LogP contribution in [0, 0.1) is 0 Å². The van der Waals surface area contributed by atoms with Crippen LogP contribution in [-0.4, -0.2) is 13.2 Å². The van der Waals surface area contributed by atoms with Crippen LogP contribution in [0.5, 0.6) is 0 Å². The fraction of sp³-hybridized carbons (Fsp3) is 0.364. The molecule has 0 spiro atoms. The molecule has 2 nitrogen and oxygen atoms in total. The van der Waals surface area contributed by atoms with Gasteiger partial charge in [-0.3, -0.25) is 0 Å². The van der Waals surface area contributed by atoms with Gasteiger partial charge in [0.25, 0.3) is 0 Å². The molecule has 2 aromatic carbocycles. The Morgan fingerprint density at radius 1 is 1.00 bits per heavy atom. The molecule has 0 radical (unpaired) electrons. The molecule has 0 atom stereocenters. The molecule has 0 saturated carbocycles. The molecule has 0 heterocycles. The Bertz CT molecular complexity index is 579. The molecule has 0 bridgehead atoms. The molecule has 2 aromatic rings. The van der Waals surface area contributed by atoms with Gasteiger partial charge < -0.3 is 11.1 Å². The summed E-state index contributed by atoms with van der Waals surface area (Å²) in [7, 11) is 0. The maximum atomic E-state index is 5.41. The predicted octanol–water partition coefficient (Wildman–Crippen LogP) is 5.39. The Morgan fingerprint density at radius 3 is 2.28 bits per heavy atom. The van der Waals surface area contributed by atoms with E-state index >= 15 is 0 Å². The van der Waals surface area contributed by atoms with E-state index in [1.165, 1.54) is 21.6 Å². The van der Waals surface area contributed by atoms with Crippen molar-refractivity contribution in [2.24, 2.45) is 5.73 Å². The Labute approximate surface area is 157 Å². The third-order valence-corrected chi connectivity index (χ3v) is 4.74. The van der Waals surface area contributed by atoms with Crippen molar-refractivity contribution < 1.29 is 0 Å². The monoisotopic (exact) mass is 356 g/mol. The maximum absolute atomic E-state index is 5.41. The summed E-state index contributed by atoms with van der Waals surface area (Å²) in [6, 6.07) is 19.4. The quantitative estimate of drug-likeness (QED) is 0.259. The summed E-state index contributed by atoms with van der Waals surface area (Å²) in [5.41, 5.74) is 9.40. The van der Waals surface area contributed by atoms with Crippen molar-refractivity contribution in [2.75, 3.05) is 13.2 Å². The van der Waals surface area contributed by atoms with E-state index in [0.717, 1.165) is 31.6 Å². The average molecular weight is 357 g/mol. The lowest BCUT2D eigenvalue weighted by Crippen LogP contribution is -2.23. The number of thioether (sulfide) groups is 1. The van der Waals surface area contributed by atoms with Crippen LogP contribution in [-0.2, 0) is 12.2 Å². The normalized spacial score (nSPS) is 10.0. The van der Waals surface area contributed by atoms with Crippen molar-refractivity contribution in [3.8, 4) is 0 Å². The molecule has 0 aliphatic heterocycles. The van der Waals surface area contributed by atoms with E-state index in [0.29, 0.717) is 6.67 Å². The number of allylic oxidation sites excluding steroid dienone is 1. The third kappa shape index (κ3) is 9.49. The van der Waals surface area contributed by atoms with Gasteiger partial charge in [-0.05, 0) is 49.1 Å². The molecule has 0 aliphatic carbocycles. The Hall–Kier alpha value is -1.55. The predicted molar refractivity (Wildman–Crippen MR) is 113 cm³/mol. The van der Waals surface area contributed by atoms with Crippen LogP contribution in [0.1, 0.15) is 37.8 Å². The molecule has 3 N–H and O–H groups in total. The second-order valence-corrected chi connectivity index (χ2v) is 6.70. The molecule has 0 amide bonds. The van der Waals surface area contributed by atoms with Gasteiger partial charge in [-0.25, -0.2) is 0 Å². The summed E-state index contributed by atoms with van der Waals surface area (Å²) in [4.78, 5) is 1.32.